The number of hydrogen-bond acceptors (Lipinski definition) is 9. The van der Waals surface area contributed by atoms with E-state index in [-0.39, 0.29) is 18.8 Å². The minimum absolute atomic E-state index is 0.130. The second kappa shape index (κ2) is 10.1. The van der Waals surface area contributed by atoms with E-state index >= 15 is 0 Å². The quantitative estimate of drug-likeness (QED) is 0.356. The molecule has 0 radical (unpaired) electrons. The molecule has 1 aromatic rings. The monoisotopic (exact) mass is 408 g/mol. The average Bonchev–Trinajstić information content (AvgIpc) is 2.68. The standard InChI is InChI=1S/C20H24O9/c1-13(22)28-16-8-9-17(26-11-10-21)20(25,18(16)29-14(2)23)12-27-19(24)15-6-4-3-5-7-15/h3-9,16-18,21,25H,10-12H2,1-2H3/t16?,17-,18+,20-/m0/s1. The second-order valence-corrected chi connectivity index (χ2v) is 6.44. The van der Waals surface area contributed by atoms with Crippen LogP contribution in [0.2, 0.25) is 0 Å². The highest BCUT2D eigenvalue weighted by Gasteiger charge is 2.54. The summed E-state index contributed by atoms with van der Waals surface area (Å²) in [6, 6.07) is 8.12. The molecule has 2 rings (SSSR count). The van der Waals surface area contributed by atoms with Gasteiger partial charge < -0.3 is 29.2 Å². The topological polar surface area (TPSA) is 129 Å². The normalized spacial score (nSPS) is 25.9. The maximum absolute atomic E-state index is 12.3. The summed E-state index contributed by atoms with van der Waals surface area (Å²) in [4.78, 5) is 35.4. The molecule has 0 spiro atoms. The van der Waals surface area contributed by atoms with Crippen LogP contribution >= 0.6 is 0 Å². The van der Waals surface area contributed by atoms with Gasteiger partial charge in [0, 0.05) is 13.8 Å². The number of ether oxygens (including phenoxy) is 4. The molecule has 0 saturated carbocycles. The van der Waals surface area contributed by atoms with E-state index in [0.29, 0.717) is 0 Å². The number of hydrogen-bond donors (Lipinski definition) is 2. The van der Waals surface area contributed by atoms with Crippen LogP contribution in [0, 0.1) is 0 Å². The van der Waals surface area contributed by atoms with Gasteiger partial charge in [-0.1, -0.05) is 24.3 Å². The summed E-state index contributed by atoms with van der Waals surface area (Å²) in [7, 11) is 0. The Balaban J connectivity index is 2.31. The van der Waals surface area contributed by atoms with E-state index in [1.165, 1.54) is 31.2 Å². The fourth-order valence-corrected chi connectivity index (χ4v) is 2.95. The molecule has 9 heteroatoms. The summed E-state index contributed by atoms with van der Waals surface area (Å²) in [5.41, 5.74) is -1.81. The van der Waals surface area contributed by atoms with Crippen LogP contribution < -0.4 is 0 Å². The number of esters is 3. The Morgan fingerprint density at radius 3 is 2.28 bits per heavy atom. The fraction of sp³-hybridized carbons (Fsp3) is 0.450. The van der Waals surface area contributed by atoms with Crippen molar-refractivity contribution in [3.05, 3.63) is 48.0 Å². The van der Waals surface area contributed by atoms with Crippen molar-refractivity contribution in [2.45, 2.75) is 37.8 Å². The van der Waals surface area contributed by atoms with E-state index in [4.69, 9.17) is 24.1 Å². The Labute approximate surface area is 167 Å². The summed E-state index contributed by atoms with van der Waals surface area (Å²) < 4.78 is 21.0. The van der Waals surface area contributed by atoms with Crippen molar-refractivity contribution in [2.75, 3.05) is 19.8 Å². The largest absolute Gasteiger partial charge is 0.459 e. The molecular weight excluding hydrogens is 384 g/mol. The van der Waals surface area contributed by atoms with Crippen molar-refractivity contribution in [1.82, 2.24) is 0 Å². The highest BCUT2D eigenvalue weighted by Crippen LogP contribution is 2.32. The summed E-state index contributed by atoms with van der Waals surface area (Å²) >= 11 is 0. The first kappa shape index (κ1) is 22.5. The molecule has 0 aliphatic heterocycles. The number of aliphatic hydroxyl groups is 2. The predicted octanol–water partition coefficient (Wildman–Crippen LogP) is 0.385. The highest BCUT2D eigenvalue weighted by molar-refractivity contribution is 5.89. The first-order chi connectivity index (χ1) is 13.8. The van der Waals surface area contributed by atoms with Gasteiger partial charge >= 0.3 is 17.9 Å². The third-order valence-electron chi connectivity index (χ3n) is 4.19. The lowest BCUT2D eigenvalue weighted by atomic mass is 9.82. The molecule has 0 saturated heterocycles. The van der Waals surface area contributed by atoms with Crippen molar-refractivity contribution in [3.8, 4) is 0 Å². The van der Waals surface area contributed by atoms with Crippen LogP contribution in [0.3, 0.4) is 0 Å². The Hall–Kier alpha value is -2.75. The van der Waals surface area contributed by atoms with Gasteiger partial charge in [-0.15, -0.1) is 0 Å². The van der Waals surface area contributed by atoms with Crippen molar-refractivity contribution < 1.29 is 43.5 Å². The van der Waals surface area contributed by atoms with Gasteiger partial charge in [-0.3, -0.25) is 9.59 Å². The molecule has 1 aromatic carbocycles. The zero-order valence-corrected chi connectivity index (χ0v) is 16.1. The van der Waals surface area contributed by atoms with E-state index in [1.54, 1.807) is 18.2 Å². The van der Waals surface area contributed by atoms with Crippen LogP contribution in [0.5, 0.6) is 0 Å². The van der Waals surface area contributed by atoms with Crippen molar-refractivity contribution in [1.29, 1.82) is 0 Å². The summed E-state index contributed by atoms with van der Waals surface area (Å²) in [5.74, 6) is -2.11. The third kappa shape index (κ3) is 5.86. The minimum Gasteiger partial charge on any atom is -0.459 e. The number of aliphatic hydroxyl groups excluding tert-OH is 1. The van der Waals surface area contributed by atoms with E-state index in [9.17, 15) is 19.5 Å². The number of benzene rings is 1. The van der Waals surface area contributed by atoms with Crippen molar-refractivity contribution >= 4 is 17.9 Å². The van der Waals surface area contributed by atoms with Crippen LogP contribution in [0.25, 0.3) is 0 Å². The van der Waals surface area contributed by atoms with Gasteiger partial charge in [0.25, 0.3) is 0 Å². The Kier molecular flexibility index (Phi) is 7.89. The van der Waals surface area contributed by atoms with Crippen LogP contribution in [0.15, 0.2) is 42.5 Å². The van der Waals surface area contributed by atoms with Crippen LogP contribution in [-0.2, 0) is 28.5 Å². The smallest absolute Gasteiger partial charge is 0.338 e. The zero-order chi connectivity index (χ0) is 21.4. The predicted molar refractivity (Wildman–Crippen MR) is 98.7 cm³/mol. The lowest BCUT2D eigenvalue weighted by molar-refractivity contribution is -0.218. The highest BCUT2D eigenvalue weighted by atomic mass is 16.6. The van der Waals surface area contributed by atoms with E-state index in [0.717, 1.165) is 6.92 Å². The van der Waals surface area contributed by atoms with Crippen LogP contribution in [0.1, 0.15) is 24.2 Å². The van der Waals surface area contributed by atoms with Crippen molar-refractivity contribution in [3.63, 3.8) is 0 Å². The fourth-order valence-electron chi connectivity index (χ4n) is 2.95. The molecule has 0 fully saturated rings. The van der Waals surface area contributed by atoms with Gasteiger partial charge in [-0.05, 0) is 18.2 Å². The summed E-state index contributed by atoms with van der Waals surface area (Å²) in [6.07, 6.45) is -0.814. The lowest BCUT2D eigenvalue weighted by Gasteiger charge is -2.43. The SMILES string of the molecule is CC(=O)OC1C=C[C@H](OCCO)[C@@](O)(COC(=O)c2ccccc2)[C@@H]1OC(C)=O. The molecule has 0 aromatic heterocycles. The minimum atomic E-state index is -2.07. The zero-order valence-electron chi connectivity index (χ0n) is 16.1. The van der Waals surface area contributed by atoms with Gasteiger partial charge in [0.15, 0.2) is 17.8 Å². The summed E-state index contributed by atoms with van der Waals surface area (Å²) in [5, 5.41) is 20.4. The van der Waals surface area contributed by atoms with Gasteiger partial charge in [0.05, 0.1) is 18.8 Å². The Bertz CT molecular complexity index is 746. The third-order valence-corrected chi connectivity index (χ3v) is 4.19. The van der Waals surface area contributed by atoms with Crippen LogP contribution in [0.4, 0.5) is 0 Å². The van der Waals surface area contributed by atoms with Gasteiger partial charge in [-0.25, -0.2) is 4.79 Å². The first-order valence-corrected chi connectivity index (χ1v) is 8.97. The lowest BCUT2D eigenvalue weighted by Crippen LogP contribution is -2.63. The van der Waals surface area contributed by atoms with Crippen LogP contribution in [-0.4, -0.2) is 71.9 Å². The summed E-state index contributed by atoms with van der Waals surface area (Å²) in [6.45, 7) is 1.23. The first-order valence-electron chi connectivity index (χ1n) is 8.97. The Morgan fingerprint density at radius 1 is 1.03 bits per heavy atom. The molecule has 0 bridgehead atoms. The molecule has 9 nitrogen and oxygen atoms in total. The number of rotatable bonds is 8. The molecule has 1 aliphatic rings. The molecular formula is C20H24O9. The number of carbonyl (C=O) groups is 3. The van der Waals surface area contributed by atoms with Gasteiger partial charge in [-0.2, -0.15) is 0 Å². The second-order valence-electron chi connectivity index (χ2n) is 6.44. The molecule has 29 heavy (non-hydrogen) atoms. The van der Waals surface area contributed by atoms with E-state index < -0.39 is 48.4 Å². The molecule has 1 unspecified atom stereocenters. The van der Waals surface area contributed by atoms with Gasteiger partial charge in [0.1, 0.15) is 12.7 Å². The molecule has 0 heterocycles. The Morgan fingerprint density at radius 2 is 1.69 bits per heavy atom. The average molecular weight is 408 g/mol. The van der Waals surface area contributed by atoms with E-state index in [1.807, 2.05) is 0 Å². The molecule has 158 valence electrons. The molecule has 1 aliphatic carbocycles. The van der Waals surface area contributed by atoms with Gasteiger partial charge in [0.2, 0.25) is 0 Å². The number of carbonyl (C=O) groups excluding carboxylic acids is 3. The van der Waals surface area contributed by atoms with Crippen molar-refractivity contribution in [2.24, 2.45) is 0 Å². The molecule has 2 N–H and O–H groups in total. The maximum atomic E-state index is 12.3. The molecule has 0 amide bonds. The maximum Gasteiger partial charge on any atom is 0.338 e. The molecule has 4 atom stereocenters. The van der Waals surface area contributed by atoms with E-state index in [2.05, 4.69) is 0 Å².